The summed E-state index contributed by atoms with van der Waals surface area (Å²) in [7, 11) is -2.97. The Balaban J connectivity index is 2.10. The molecule has 0 unspecified atom stereocenters. The maximum absolute atomic E-state index is 11.7. The number of aromatic nitrogens is 2. The van der Waals surface area contributed by atoms with Crippen molar-refractivity contribution in [1.82, 2.24) is 10.2 Å². The molecule has 6 heteroatoms. The molecule has 3 rings (SSSR count). The fourth-order valence-electron chi connectivity index (χ4n) is 2.16. The molecule has 0 saturated heterocycles. The number of benzene rings is 1. The molecule has 2 aromatic rings. The summed E-state index contributed by atoms with van der Waals surface area (Å²) in [6.45, 7) is 0. The van der Waals surface area contributed by atoms with Gasteiger partial charge in [-0.3, -0.25) is 5.10 Å². The van der Waals surface area contributed by atoms with Gasteiger partial charge in [0.25, 0.3) is 0 Å². The molecule has 0 atom stereocenters. The Kier molecular flexibility index (Phi) is 2.79. The second-order valence-electron chi connectivity index (χ2n) is 4.38. The molecule has 0 fully saturated rings. The number of nitrogens with one attached hydrogen (secondary N) is 1. The molecule has 2 heterocycles. The third-order valence-corrected chi connectivity index (χ3v) is 5.18. The van der Waals surface area contributed by atoms with Gasteiger partial charge < -0.3 is 0 Å². The highest BCUT2D eigenvalue weighted by Gasteiger charge is 2.26. The lowest BCUT2D eigenvalue weighted by Crippen LogP contribution is -2.18. The van der Waals surface area contributed by atoms with Crippen molar-refractivity contribution in [2.24, 2.45) is 0 Å². The van der Waals surface area contributed by atoms with Crippen LogP contribution in [0.15, 0.2) is 28.7 Å². The minimum Gasteiger partial charge on any atom is -0.282 e. The summed E-state index contributed by atoms with van der Waals surface area (Å²) in [5.74, 6) is 0.298. The molecule has 0 spiro atoms. The molecular formula is C12H11BrN2O2S. The zero-order valence-electron chi connectivity index (χ0n) is 9.48. The SMILES string of the molecule is O=S1(=O)CCc2[nH]nc(-c3ccc(Br)cc3)c2C1. The number of aromatic amines is 1. The number of H-pyrrole nitrogens is 1. The molecule has 0 amide bonds. The van der Waals surface area contributed by atoms with E-state index < -0.39 is 9.84 Å². The molecule has 18 heavy (non-hydrogen) atoms. The van der Waals surface area contributed by atoms with Crippen molar-refractivity contribution in [2.75, 3.05) is 5.75 Å². The smallest absolute Gasteiger partial charge is 0.154 e. The molecular weight excluding hydrogens is 316 g/mol. The van der Waals surface area contributed by atoms with Gasteiger partial charge in [0.05, 0.1) is 17.2 Å². The van der Waals surface area contributed by atoms with Crippen LogP contribution in [0.4, 0.5) is 0 Å². The van der Waals surface area contributed by atoms with E-state index in [9.17, 15) is 8.42 Å². The largest absolute Gasteiger partial charge is 0.282 e. The van der Waals surface area contributed by atoms with Crippen LogP contribution in [-0.2, 0) is 22.0 Å². The van der Waals surface area contributed by atoms with Crippen molar-refractivity contribution in [3.8, 4) is 11.3 Å². The Hall–Kier alpha value is -1.14. The Morgan fingerprint density at radius 3 is 2.67 bits per heavy atom. The number of sulfone groups is 1. The van der Waals surface area contributed by atoms with Gasteiger partial charge in [-0.15, -0.1) is 0 Å². The lowest BCUT2D eigenvalue weighted by Gasteiger charge is -2.12. The highest BCUT2D eigenvalue weighted by Crippen LogP contribution is 2.29. The van der Waals surface area contributed by atoms with Crippen LogP contribution in [0.5, 0.6) is 0 Å². The van der Waals surface area contributed by atoms with Crippen LogP contribution < -0.4 is 0 Å². The summed E-state index contributed by atoms with van der Waals surface area (Å²) in [5.41, 5.74) is 3.46. The van der Waals surface area contributed by atoms with E-state index >= 15 is 0 Å². The average molecular weight is 327 g/mol. The molecule has 0 bridgehead atoms. The molecule has 94 valence electrons. The number of rotatable bonds is 1. The summed E-state index contributed by atoms with van der Waals surface area (Å²) in [4.78, 5) is 0. The number of halogens is 1. The zero-order chi connectivity index (χ0) is 12.8. The summed E-state index contributed by atoms with van der Waals surface area (Å²) in [6.07, 6.45) is 0.529. The van der Waals surface area contributed by atoms with E-state index in [1.54, 1.807) is 0 Å². The van der Waals surface area contributed by atoms with Crippen molar-refractivity contribution in [3.05, 3.63) is 40.0 Å². The minimum atomic E-state index is -2.97. The number of aryl methyl sites for hydroxylation is 1. The van der Waals surface area contributed by atoms with E-state index in [0.29, 0.717) is 6.42 Å². The summed E-state index contributed by atoms with van der Waals surface area (Å²) < 4.78 is 24.4. The molecule has 0 aliphatic carbocycles. The highest BCUT2D eigenvalue weighted by atomic mass is 79.9. The number of fused-ring (bicyclic) bond motifs is 1. The minimum absolute atomic E-state index is 0.0875. The van der Waals surface area contributed by atoms with Crippen LogP contribution in [0.1, 0.15) is 11.3 Å². The topological polar surface area (TPSA) is 62.8 Å². The van der Waals surface area contributed by atoms with Crippen molar-refractivity contribution < 1.29 is 8.42 Å². The van der Waals surface area contributed by atoms with Crippen LogP contribution in [0, 0.1) is 0 Å². The van der Waals surface area contributed by atoms with E-state index in [2.05, 4.69) is 26.1 Å². The van der Waals surface area contributed by atoms with Gasteiger partial charge in [-0.1, -0.05) is 28.1 Å². The monoisotopic (exact) mass is 326 g/mol. The standard InChI is InChI=1S/C12H11BrN2O2S/c13-9-3-1-8(2-4-9)12-10-7-18(16,17)6-5-11(10)14-15-12/h1-4H,5-7H2,(H,14,15). The highest BCUT2D eigenvalue weighted by molar-refractivity contribution is 9.10. The van der Waals surface area contributed by atoms with E-state index in [0.717, 1.165) is 27.0 Å². The normalized spacial score (nSPS) is 17.4. The Morgan fingerprint density at radius 1 is 1.22 bits per heavy atom. The van der Waals surface area contributed by atoms with Gasteiger partial charge in [0, 0.05) is 27.7 Å². The number of hydrogen-bond acceptors (Lipinski definition) is 3. The maximum atomic E-state index is 11.7. The third kappa shape index (κ3) is 2.10. The molecule has 0 saturated carbocycles. The molecule has 1 aromatic carbocycles. The Labute approximate surface area is 113 Å². The van der Waals surface area contributed by atoms with Gasteiger partial charge in [-0.05, 0) is 12.1 Å². The zero-order valence-corrected chi connectivity index (χ0v) is 11.9. The van der Waals surface area contributed by atoms with Crippen molar-refractivity contribution in [3.63, 3.8) is 0 Å². The lowest BCUT2D eigenvalue weighted by molar-refractivity contribution is 0.591. The van der Waals surface area contributed by atoms with Gasteiger partial charge in [0.2, 0.25) is 0 Å². The van der Waals surface area contributed by atoms with Crippen molar-refractivity contribution in [2.45, 2.75) is 12.2 Å². The second kappa shape index (κ2) is 4.20. The van der Waals surface area contributed by atoms with E-state index in [4.69, 9.17) is 0 Å². The first-order valence-electron chi connectivity index (χ1n) is 5.58. The fraction of sp³-hybridized carbons (Fsp3) is 0.250. The van der Waals surface area contributed by atoms with Crippen LogP contribution in [0.2, 0.25) is 0 Å². The summed E-state index contributed by atoms with van der Waals surface area (Å²) in [5, 5.41) is 7.21. The maximum Gasteiger partial charge on any atom is 0.154 e. The van der Waals surface area contributed by atoms with Crippen LogP contribution in [-0.4, -0.2) is 24.4 Å². The van der Waals surface area contributed by atoms with Crippen LogP contribution in [0.3, 0.4) is 0 Å². The van der Waals surface area contributed by atoms with E-state index in [1.807, 2.05) is 24.3 Å². The first kappa shape index (κ1) is 11.9. The van der Waals surface area contributed by atoms with Gasteiger partial charge in [0.1, 0.15) is 0 Å². The Bertz CT molecular complexity index is 689. The summed E-state index contributed by atoms with van der Waals surface area (Å²) >= 11 is 3.38. The van der Waals surface area contributed by atoms with Crippen LogP contribution in [0.25, 0.3) is 11.3 Å². The Morgan fingerprint density at radius 2 is 1.94 bits per heavy atom. The van der Waals surface area contributed by atoms with Crippen molar-refractivity contribution in [1.29, 1.82) is 0 Å². The molecule has 1 N–H and O–H groups in total. The molecule has 4 nitrogen and oxygen atoms in total. The van der Waals surface area contributed by atoms with E-state index in [-0.39, 0.29) is 11.5 Å². The molecule has 1 aliphatic rings. The van der Waals surface area contributed by atoms with Crippen molar-refractivity contribution >= 4 is 25.8 Å². The molecule has 0 radical (unpaired) electrons. The third-order valence-electron chi connectivity index (χ3n) is 3.10. The van der Waals surface area contributed by atoms with Gasteiger partial charge in [-0.25, -0.2) is 8.42 Å². The van der Waals surface area contributed by atoms with Gasteiger partial charge in [-0.2, -0.15) is 5.10 Å². The van der Waals surface area contributed by atoms with Gasteiger partial charge >= 0.3 is 0 Å². The summed E-state index contributed by atoms with van der Waals surface area (Å²) in [6, 6.07) is 7.71. The fourth-order valence-corrected chi connectivity index (χ4v) is 3.83. The predicted octanol–water partition coefficient (Wildman–Crippen LogP) is 2.31. The van der Waals surface area contributed by atoms with E-state index in [1.165, 1.54) is 0 Å². The van der Waals surface area contributed by atoms with Gasteiger partial charge in [0.15, 0.2) is 9.84 Å². The predicted molar refractivity (Wildman–Crippen MR) is 72.9 cm³/mol. The molecule has 1 aliphatic heterocycles. The first-order chi connectivity index (χ1) is 8.55. The number of nitrogens with zero attached hydrogens (tertiary/aromatic N) is 1. The quantitative estimate of drug-likeness (QED) is 0.874. The number of hydrogen-bond donors (Lipinski definition) is 1. The van der Waals surface area contributed by atoms with Crippen LogP contribution >= 0.6 is 15.9 Å². The average Bonchev–Trinajstić information content (AvgIpc) is 2.71. The molecule has 1 aromatic heterocycles. The lowest BCUT2D eigenvalue weighted by atomic mass is 10.1. The second-order valence-corrected chi connectivity index (χ2v) is 7.48. The first-order valence-corrected chi connectivity index (χ1v) is 8.19.